The third-order valence-electron chi connectivity index (χ3n) is 6.53. The Morgan fingerprint density at radius 2 is 1.81 bits per heavy atom. The Kier molecular flexibility index (Phi) is 5.34. The van der Waals surface area contributed by atoms with Crippen LogP contribution in [0.1, 0.15) is 26.3 Å². The van der Waals surface area contributed by atoms with Crippen molar-refractivity contribution in [2.75, 3.05) is 11.4 Å². The first-order chi connectivity index (χ1) is 17.6. The summed E-state index contributed by atoms with van der Waals surface area (Å²) in [6.45, 7) is 2.20. The van der Waals surface area contributed by atoms with Crippen LogP contribution in [0.2, 0.25) is 0 Å². The lowest BCUT2D eigenvalue weighted by Crippen LogP contribution is -2.39. The van der Waals surface area contributed by atoms with E-state index in [1.54, 1.807) is 24.5 Å². The van der Waals surface area contributed by atoms with Gasteiger partial charge in [-0.3, -0.25) is 9.59 Å². The van der Waals surface area contributed by atoms with Crippen molar-refractivity contribution in [3.63, 3.8) is 0 Å². The number of amides is 1. The highest BCUT2D eigenvalue weighted by Gasteiger charge is 2.35. The Labute approximate surface area is 208 Å². The van der Waals surface area contributed by atoms with E-state index in [2.05, 4.69) is 10.3 Å². The van der Waals surface area contributed by atoms with Gasteiger partial charge in [0.1, 0.15) is 17.7 Å². The SMILES string of the molecule is Cc1cccnc1N1C=C2C(=O)c3ccccc3O[C@@H]2C=C1CNC(=O)c1ccc2ccccc2c1. The van der Waals surface area contributed by atoms with Gasteiger partial charge >= 0.3 is 0 Å². The molecule has 36 heavy (non-hydrogen) atoms. The van der Waals surface area contributed by atoms with E-state index >= 15 is 0 Å². The number of anilines is 1. The molecule has 0 spiro atoms. The summed E-state index contributed by atoms with van der Waals surface area (Å²) in [5.74, 6) is 1.00. The lowest BCUT2D eigenvalue weighted by molar-refractivity contribution is 0.0951. The molecular formula is C30H23N3O3. The summed E-state index contributed by atoms with van der Waals surface area (Å²) >= 11 is 0. The summed E-state index contributed by atoms with van der Waals surface area (Å²) in [5, 5.41) is 5.12. The van der Waals surface area contributed by atoms with Crippen LogP contribution in [0.3, 0.4) is 0 Å². The highest BCUT2D eigenvalue weighted by Crippen LogP contribution is 2.36. The van der Waals surface area contributed by atoms with Crippen molar-refractivity contribution in [1.82, 2.24) is 10.3 Å². The summed E-state index contributed by atoms with van der Waals surface area (Å²) in [6, 6.07) is 24.7. The lowest BCUT2D eigenvalue weighted by Gasteiger charge is -2.34. The number of carbonyl (C=O) groups excluding carboxylic acids is 2. The Morgan fingerprint density at radius 1 is 1.00 bits per heavy atom. The van der Waals surface area contributed by atoms with E-state index in [0.29, 0.717) is 28.3 Å². The van der Waals surface area contributed by atoms with Gasteiger partial charge in [-0.1, -0.05) is 48.5 Å². The average Bonchev–Trinajstić information content (AvgIpc) is 2.91. The molecule has 1 amide bonds. The number of pyridine rings is 1. The second-order valence-electron chi connectivity index (χ2n) is 8.86. The summed E-state index contributed by atoms with van der Waals surface area (Å²) in [4.78, 5) is 32.8. The number of fused-ring (bicyclic) bond motifs is 3. The van der Waals surface area contributed by atoms with Gasteiger partial charge < -0.3 is 15.0 Å². The number of benzene rings is 3. The molecule has 2 aliphatic heterocycles. The molecule has 0 unspecified atom stereocenters. The molecule has 2 aliphatic rings. The van der Waals surface area contributed by atoms with Gasteiger partial charge in [0, 0.05) is 23.7 Å². The van der Waals surface area contributed by atoms with Crippen LogP contribution in [-0.4, -0.2) is 29.3 Å². The number of Topliss-reactive ketones (excluding diaryl/α,β-unsaturated/α-hetero) is 1. The van der Waals surface area contributed by atoms with Crippen LogP contribution in [0.4, 0.5) is 5.82 Å². The van der Waals surface area contributed by atoms with E-state index in [1.807, 2.05) is 84.6 Å². The number of hydrogen-bond acceptors (Lipinski definition) is 5. The van der Waals surface area contributed by atoms with Gasteiger partial charge in [-0.2, -0.15) is 0 Å². The summed E-state index contributed by atoms with van der Waals surface area (Å²) < 4.78 is 6.17. The van der Waals surface area contributed by atoms with Crippen LogP contribution in [-0.2, 0) is 0 Å². The van der Waals surface area contributed by atoms with Crippen LogP contribution in [0.15, 0.2) is 109 Å². The van der Waals surface area contributed by atoms with Crippen LogP contribution >= 0.6 is 0 Å². The summed E-state index contributed by atoms with van der Waals surface area (Å²) in [5.41, 5.74) is 3.37. The predicted molar refractivity (Wildman–Crippen MR) is 139 cm³/mol. The number of ketones is 1. The van der Waals surface area contributed by atoms with Crippen molar-refractivity contribution in [2.24, 2.45) is 0 Å². The second-order valence-corrected chi connectivity index (χ2v) is 8.86. The van der Waals surface area contributed by atoms with Crippen molar-refractivity contribution in [3.05, 3.63) is 125 Å². The van der Waals surface area contributed by atoms with Crippen molar-refractivity contribution >= 4 is 28.3 Å². The molecule has 176 valence electrons. The smallest absolute Gasteiger partial charge is 0.251 e. The summed E-state index contributed by atoms with van der Waals surface area (Å²) in [7, 11) is 0. The van der Waals surface area contributed by atoms with Crippen molar-refractivity contribution in [1.29, 1.82) is 0 Å². The van der Waals surface area contributed by atoms with Gasteiger partial charge in [-0.05, 0) is 59.7 Å². The quantitative estimate of drug-likeness (QED) is 0.441. The lowest BCUT2D eigenvalue weighted by atomic mass is 9.93. The first-order valence-electron chi connectivity index (χ1n) is 11.8. The molecule has 0 radical (unpaired) electrons. The molecule has 1 N–H and O–H groups in total. The van der Waals surface area contributed by atoms with Gasteiger partial charge in [-0.25, -0.2) is 4.98 Å². The Hall–Kier alpha value is -4.71. The molecule has 3 heterocycles. The molecule has 6 rings (SSSR count). The molecule has 0 aliphatic carbocycles. The Balaban J connectivity index is 1.32. The molecule has 0 fully saturated rings. The predicted octanol–water partition coefficient (Wildman–Crippen LogP) is 5.20. The number of nitrogens with one attached hydrogen (secondary N) is 1. The van der Waals surface area contributed by atoms with Crippen LogP contribution < -0.4 is 15.0 Å². The number of hydrogen-bond donors (Lipinski definition) is 1. The molecule has 1 atom stereocenters. The first kappa shape index (κ1) is 21.8. The monoisotopic (exact) mass is 473 g/mol. The average molecular weight is 474 g/mol. The molecule has 0 saturated carbocycles. The molecule has 0 bridgehead atoms. The summed E-state index contributed by atoms with van der Waals surface area (Å²) in [6.07, 6.45) is 4.85. The number of rotatable bonds is 4. The number of nitrogens with zero attached hydrogens (tertiary/aromatic N) is 2. The van der Waals surface area contributed by atoms with Crippen molar-refractivity contribution in [3.8, 4) is 5.75 Å². The maximum Gasteiger partial charge on any atom is 0.251 e. The van der Waals surface area contributed by atoms with Crippen LogP contribution in [0.5, 0.6) is 5.75 Å². The van der Waals surface area contributed by atoms with E-state index in [4.69, 9.17) is 4.74 Å². The molecule has 6 nitrogen and oxygen atoms in total. The number of para-hydroxylation sites is 1. The molecule has 1 aromatic heterocycles. The number of aryl methyl sites for hydroxylation is 1. The van der Waals surface area contributed by atoms with Crippen LogP contribution in [0, 0.1) is 6.92 Å². The highest BCUT2D eigenvalue weighted by molar-refractivity contribution is 6.13. The van der Waals surface area contributed by atoms with E-state index in [9.17, 15) is 9.59 Å². The number of ether oxygens (including phenoxy) is 1. The minimum atomic E-state index is -0.541. The van der Waals surface area contributed by atoms with E-state index in [0.717, 1.165) is 22.0 Å². The zero-order chi connectivity index (χ0) is 24.6. The van der Waals surface area contributed by atoms with E-state index in [-0.39, 0.29) is 18.2 Å². The molecule has 6 heteroatoms. The molecule has 4 aromatic rings. The second kappa shape index (κ2) is 8.82. The van der Waals surface area contributed by atoms with E-state index < -0.39 is 6.10 Å². The topological polar surface area (TPSA) is 71.5 Å². The maximum absolute atomic E-state index is 13.3. The zero-order valence-electron chi connectivity index (χ0n) is 19.6. The first-order valence-corrected chi connectivity index (χ1v) is 11.8. The fraction of sp³-hybridized carbons (Fsp3) is 0.100. The normalized spacial score (nSPS) is 16.4. The number of aromatic nitrogens is 1. The van der Waals surface area contributed by atoms with Crippen molar-refractivity contribution < 1.29 is 14.3 Å². The highest BCUT2D eigenvalue weighted by atomic mass is 16.5. The van der Waals surface area contributed by atoms with E-state index in [1.165, 1.54) is 0 Å². The van der Waals surface area contributed by atoms with Gasteiger partial charge in [0.05, 0.1) is 17.7 Å². The third-order valence-corrected chi connectivity index (χ3v) is 6.53. The largest absolute Gasteiger partial charge is 0.481 e. The van der Waals surface area contributed by atoms with Gasteiger partial charge in [0.2, 0.25) is 0 Å². The minimum Gasteiger partial charge on any atom is -0.481 e. The molecular weight excluding hydrogens is 450 g/mol. The molecule has 3 aromatic carbocycles. The van der Waals surface area contributed by atoms with Gasteiger partial charge in [0.15, 0.2) is 5.78 Å². The fourth-order valence-electron chi connectivity index (χ4n) is 4.65. The Morgan fingerprint density at radius 3 is 2.67 bits per heavy atom. The maximum atomic E-state index is 13.3. The third kappa shape index (κ3) is 3.82. The minimum absolute atomic E-state index is 0.0732. The van der Waals surface area contributed by atoms with Gasteiger partial charge in [0.25, 0.3) is 5.91 Å². The van der Waals surface area contributed by atoms with Gasteiger partial charge in [-0.15, -0.1) is 0 Å². The van der Waals surface area contributed by atoms with Crippen LogP contribution in [0.25, 0.3) is 10.8 Å². The standard InChI is InChI=1S/C30H23N3O3/c1-19-7-6-14-31-29(19)33-18-25-27(36-26-11-5-4-10-24(26)28(25)34)16-23(33)17-32-30(35)22-13-12-20-8-2-3-9-21(20)15-22/h2-16,18,27H,17H2,1H3,(H,32,35)/t27-/m1/s1. The molecule has 0 saturated heterocycles. The number of carbonyl (C=O) groups is 2. The Bertz CT molecular complexity index is 1590. The fourth-order valence-corrected chi connectivity index (χ4v) is 4.65. The zero-order valence-corrected chi connectivity index (χ0v) is 19.6. The van der Waals surface area contributed by atoms with Crippen molar-refractivity contribution in [2.45, 2.75) is 13.0 Å².